The molecule has 0 spiro atoms. The average molecular weight is 314 g/mol. The average Bonchev–Trinajstić information content (AvgIpc) is 2.67. The van der Waals surface area contributed by atoms with Gasteiger partial charge in [-0.2, -0.15) is 0 Å². The monoisotopic (exact) mass is 314 g/mol. The molecule has 2 unspecified atom stereocenters. The molecule has 3 aromatic rings. The predicted octanol–water partition coefficient (Wildman–Crippen LogP) is 6.78. The molecule has 0 aliphatic heterocycles. The van der Waals surface area contributed by atoms with Crippen molar-refractivity contribution in [3.8, 4) is 12.3 Å². The predicted molar refractivity (Wildman–Crippen MR) is 106 cm³/mol. The topological polar surface area (TPSA) is 0 Å². The van der Waals surface area contributed by atoms with Crippen LogP contribution in [0.5, 0.6) is 0 Å². The van der Waals surface area contributed by atoms with Crippen LogP contribution < -0.4 is 0 Å². The normalized spacial score (nSPS) is 12.6. The molecule has 0 nitrogen and oxygen atoms in total. The first-order valence-corrected chi connectivity index (χ1v) is 8.66. The summed E-state index contributed by atoms with van der Waals surface area (Å²) >= 11 is 0. The number of terminal acetylenes is 1. The van der Waals surface area contributed by atoms with Crippen LogP contribution in [-0.2, 0) is 0 Å². The van der Waals surface area contributed by atoms with Crippen molar-refractivity contribution < 1.29 is 0 Å². The van der Waals surface area contributed by atoms with Crippen LogP contribution in [0.2, 0.25) is 0 Å². The van der Waals surface area contributed by atoms with Crippen LogP contribution in [0.25, 0.3) is 10.8 Å². The van der Waals surface area contributed by atoms with Gasteiger partial charge in [0.05, 0.1) is 0 Å². The number of rotatable bonds is 3. The van der Waals surface area contributed by atoms with Crippen LogP contribution in [0, 0.1) is 12.3 Å². The molecular formula is C24H26. The van der Waals surface area contributed by atoms with Gasteiger partial charge in [0.1, 0.15) is 0 Å². The van der Waals surface area contributed by atoms with Crippen LogP contribution in [0.15, 0.2) is 72.8 Å². The SMILES string of the molecule is C#CC(C)c1ccccc1.CCC(C)c1cccc2ccccc12. The third-order valence-electron chi connectivity index (χ3n) is 4.52. The molecule has 24 heavy (non-hydrogen) atoms. The van der Waals surface area contributed by atoms with E-state index in [1.54, 1.807) is 0 Å². The summed E-state index contributed by atoms with van der Waals surface area (Å²) in [6, 6.07) is 25.3. The molecule has 2 atom stereocenters. The molecule has 0 heteroatoms. The molecule has 0 aliphatic rings. The van der Waals surface area contributed by atoms with Crippen molar-refractivity contribution in [2.45, 2.75) is 39.0 Å². The van der Waals surface area contributed by atoms with Crippen molar-refractivity contribution in [2.24, 2.45) is 0 Å². The largest absolute Gasteiger partial charge is 0.119 e. The van der Waals surface area contributed by atoms with E-state index < -0.39 is 0 Å². The summed E-state index contributed by atoms with van der Waals surface area (Å²) in [5, 5.41) is 2.76. The van der Waals surface area contributed by atoms with Crippen molar-refractivity contribution in [3.63, 3.8) is 0 Å². The standard InChI is InChI=1S/C14H16.C10H10/c1-3-11(2)13-10-6-8-12-7-4-5-9-14(12)13;1-3-9(2)10-7-5-4-6-8-10/h4-11H,3H2,1-2H3;1,4-9H,2H3. The van der Waals surface area contributed by atoms with Crippen LogP contribution >= 0.6 is 0 Å². The van der Waals surface area contributed by atoms with E-state index in [-0.39, 0.29) is 5.92 Å². The zero-order valence-electron chi connectivity index (χ0n) is 14.9. The summed E-state index contributed by atoms with van der Waals surface area (Å²) < 4.78 is 0. The van der Waals surface area contributed by atoms with Crippen LogP contribution in [-0.4, -0.2) is 0 Å². The summed E-state index contributed by atoms with van der Waals surface area (Å²) in [6.45, 7) is 6.56. The fraction of sp³-hybridized carbons (Fsp3) is 0.250. The number of benzene rings is 3. The highest BCUT2D eigenvalue weighted by Crippen LogP contribution is 2.27. The van der Waals surface area contributed by atoms with Crippen LogP contribution in [0.4, 0.5) is 0 Å². The number of hydrogen-bond acceptors (Lipinski definition) is 0. The molecule has 0 bridgehead atoms. The van der Waals surface area contributed by atoms with E-state index in [2.05, 4.69) is 62.2 Å². The van der Waals surface area contributed by atoms with Gasteiger partial charge < -0.3 is 0 Å². The highest BCUT2D eigenvalue weighted by atomic mass is 14.1. The molecular weight excluding hydrogens is 288 g/mol. The Morgan fingerprint density at radius 3 is 2.12 bits per heavy atom. The maximum absolute atomic E-state index is 5.25. The second-order valence-corrected chi connectivity index (χ2v) is 6.18. The Morgan fingerprint density at radius 2 is 1.46 bits per heavy atom. The molecule has 0 aliphatic carbocycles. The van der Waals surface area contributed by atoms with Crippen LogP contribution in [0.1, 0.15) is 50.2 Å². The second-order valence-electron chi connectivity index (χ2n) is 6.18. The lowest BCUT2D eigenvalue weighted by atomic mass is 9.93. The maximum Gasteiger partial charge on any atom is 0.0421 e. The Kier molecular flexibility index (Phi) is 6.64. The third kappa shape index (κ3) is 4.49. The van der Waals surface area contributed by atoms with Crippen molar-refractivity contribution in [2.75, 3.05) is 0 Å². The molecule has 0 radical (unpaired) electrons. The quantitative estimate of drug-likeness (QED) is 0.468. The Hall–Kier alpha value is -2.52. The Bertz CT molecular complexity index is 788. The lowest BCUT2D eigenvalue weighted by Gasteiger charge is -2.12. The second kappa shape index (κ2) is 8.94. The summed E-state index contributed by atoms with van der Waals surface area (Å²) in [4.78, 5) is 0. The molecule has 0 N–H and O–H groups in total. The lowest BCUT2D eigenvalue weighted by Crippen LogP contribution is -1.92. The van der Waals surface area contributed by atoms with Gasteiger partial charge in [0.15, 0.2) is 0 Å². The van der Waals surface area contributed by atoms with Gasteiger partial charge in [-0.05, 0) is 41.2 Å². The number of hydrogen-bond donors (Lipinski definition) is 0. The summed E-state index contributed by atoms with van der Waals surface area (Å²) in [5.41, 5.74) is 2.69. The zero-order valence-corrected chi connectivity index (χ0v) is 14.9. The van der Waals surface area contributed by atoms with Crippen molar-refractivity contribution in [3.05, 3.63) is 83.9 Å². The Balaban J connectivity index is 0.000000185. The highest BCUT2D eigenvalue weighted by molar-refractivity contribution is 5.86. The molecule has 0 heterocycles. The molecule has 0 saturated heterocycles. The first-order chi connectivity index (χ1) is 11.7. The summed E-state index contributed by atoms with van der Waals surface area (Å²) in [5.74, 6) is 3.57. The smallest absolute Gasteiger partial charge is 0.0421 e. The van der Waals surface area contributed by atoms with Gasteiger partial charge >= 0.3 is 0 Å². The minimum Gasteiger partial charge on any atom is -0.119 e. The van der Waals surface area contributed by atoms with Gasteiger partial charge in [-0.1, -0.05) is 92.6 Å². The van der Waals surface area contributed by atoms with Crippen molar-refractivity contribution in [1.29, 1.82) is 0 Å². The molecule has 3 rings (SSSR count). The summed E-state index contributed by atoms with van der Waals surface area (Å²) in [6.07, 6.45) is 6.46. The van der Waals surface area contributed by atoms with E-state index in [1.165, 1.54) is 28.3 Å². The van der Waals surface area contributed by atoms with Gasteiger partial charge in [0, 0.05) is 5.92 Å². The fourth-order valence-corrected chi connectivity index (χ4v) is 2.74. The first kappa shape index (κ1) is 17.8. The molecule has 3 aromatic carbocycles. The maximum atomic E-state index is 5.25. The first-order valence-electron chi connectivity index (χ1n) is 8.66. The van der Waals surface area contributed by atoms with Gasteiger partial charge in [0.25, 0.3) is 0 Å². The van der Waals surface area contributed by atoms with Crippen LogP contribution in [0.3, 0.4) is 0 Å². The summed E-state index contributed by atoms with van der Waals surface area (Å²) in [7, 11) is 0. The third-order valence-corrected chi connectivity index (χ3v) is 4.52. The van der Waals surface area contributed by atoms with Gasteiger partial charge in [0.2, 0.25) is 0 Å². The van der Waals surface area contributed by atoms with E-state index in [4.69, 9.17) is 6.42 Å². The zero-order chi connectivity index (χ0) is 17.4. The molecule has 0 saturated carbocycles. The highest BCUT2D eigenvalue weighted by Gasteiger charge is 2.05. The molecule has 0 fully saturated rings. The Morgan fingerprint density at radius 1 is 0.833 bits per heavy atom. The molecule has 122 valence electrons. The lowest BCUT2D eigenvalue weighted by molar-refractivity contribution is 0.740. The minimum atomic E-state index is 0.237. The van der Waals surface area contributed by atoms with E-state index in [0.29, 0.717) is 5.92 Å². The molecule has 0 amide bonds. The van der Waals surface area contributed by atoms with E-state index >= 15 is 0 Å². The van der Waals surface area contributed by atoms with E-state index in [1.807, 2.05) is 37.3 Å². The van der Waals surface area contributed by atoms with E-state index in [9.17, 15) is 0 Å². The number of fused-ring (bicyclic) bond motifs is 1. The van der Waals surface area contributed by atoms with Crippen molar-refractivity contribution in [1.82, 2.24) is 0 Å². The minimum absolute atomic E-state index is 0.237. The molecule has 0 aromatic heterocycles. The van der Waals surface area contributed by atoms with Crippen molar-refractivity contribution >= 4 is 10.8 Å². The van der Waals surface area contributed by atoms with Gasteiger partial charge in [-0.3, -0.25) is 0 Å². The Labute approximate surface area is 146 Å². The fourth-order valence-electron chi connectivity index (χ4n) is 2.74. The van der Waals surface area contributed by atoms with Gasteiger partial charge in [-0.15, -0.1) is 6.42 Å². The van der Waals surface area contributed by atoms with E-state index in [0.717, 1.165) is 0 Å². The van der Waals surface area contributed by atoms with Gasteiger partial charge in [-0.25, -0.2) is 0 Å².